The number of hydrogen-bond donors (Lipinski definition) is 1. The molecule has 13 heavy (non-hydrogen) atoms. The highest BCUT2D eigenvalue weighted by atomic mass is 16.5. The molecule has 0 spiro atoms. The molecule has 76 valence electrons. The van der Waals surface area contributed by atoms with Crippen molar-refractivity contribution in [1.82, 2.24) is 5.32 Å². The third-order valence-corrected chi connectivity index (χ3v) is 1.46. The van der Waals surface area contributed by atoms with E-state index in [4.69, 9.17) is 4.74 Å². The fourth-order valence-corrected chi connectivity index (χ4v) is 0.725. The topological polar surface area (TPSA) is 55.4 Å². The van der Waals surface area contributed by atoms with Crippen LogP contribution in [0.4, 0.5) is 0 Å². The lowest BCUT2D eigenvalue weighted by Crippen LogP contribution is -2.30. The number of carbonyl (C=O) groups excluding carboxylic acids is 2. The van der Waals surface area contributed by atoms with Crippen LogP contribution in [0.2, 0.25) is 0 Å². The molecule has 0 aliphatic rings. The molecule has 0 saturated carbocycles. The van der Waals surface area contributed by atoms with E-state index in [0.717, 1.165) is 0 Å². The Labute approximate surface area is 78.6 Å². The van der Waals surface area contributed by atoms with Gasteiger partial charge < -0.3 is 10.1 Å². The first-order valence-electron chi connectivity index (χ1n) is 4.51. The number of rotatable bonds is 5. The van der Waals surface area contributed by atoms with Crippen LogP contribution in [0.1, 0.15) is 27.2 Å². The molecule has 0 heterocycles. The van der Waals surface area contributed by atoms with Gasteiger partial charge in [-0.05, 0) is 6.92 Å². The average molecular weight is 187 g/mol. The SMILES string of the molecule is CCOC(=O)CCNC(=O)C(C)C. The predicted molar refractivity (Wildman–Crippen MR) is 49.1 cm³/mol. The highest BCUT2D eigenvalue weighted by molar-refractivity contribution is 5.78. The normalized spacial score (nSPS) is 9.85. The zero-order chi connectivity index (χ0) is 10.3. The molecule has 0 fully saturated rings. The molecule has 4 nitrogen and oxygen atoms in total. The van der Waals surface area contributed by atoms with Crippen LogP contribution >= 0.6 is 0 Å². The van der Waals surface area contributed by atoms with E-state index < -0.39 is 0 Å². The van der Waals surface area contributed by atoms with Gasteiger partial charge in [-0.3, -0.25) is 9.59 Å². The van der Waals surface area contributed by atoms with Crippen LogP contribution < -0.4 is 5.32 Å². The van der Waals surface area contributed by atoms with E-state index in [2.05, 4.69) is 5.32 Å². The molecule has 4 heteroatoms. The van der Waals surface area contributed by atoms with Crippen LogP contribution in [-0.4, -0.2) is 25.0 Å². The first kappa shape index (κ1) is 11.9. The molecule has 0 aliphatic carbocycles. The van der Waals surface area contributed by atoms with Crippen LogP contribution in [0.25, 0.3) is 0 Å². The van der Waals surface area contributed by atoms with Crippen molar-refractivity contribution in [1.29, 1.82) is 0 Å². The summed E-state index contributed by atoms with van der Waals surface area (Å²) >= 11 is 0. The van der Waals surface area contributed by atoms with Gasteiger partial charge in [0.1, 0.15) is 0 Å². The third-order valence-electron chi connectivity index (χ3n) is 1.46. The third kappa shape index (κ3) is 6.13. The van der Waals surface area contributed by atoms with Crippen molar-refractivity contribution in [2.24, 2.45) is 5.92 Å². The number of carbonyl (C=O) groups is 2. The quantitative estimate of drug-likeness (QED) is 0.645. The fourth-order valence-electron chi connectivity index (χ4n) is 0.725. The lowest BCUT2D eigenvalue weighted by atomic mass is 10.2. The van der Waals surface area contributed by atoms with Gasteiger partial charge in [-0.25, -0.2) is 0 Å². The molecule has 0 aromatic rings. The minimum absolute atomic E-state index is 0.0377. The first-order chi connectivity index (χ1) is 6.07. The summed E-state index contributed by atoms with van der Waals surface area (Å²) in [6.07, 6.45) is 0.242. The van der Waals surface area contributed by atoms with Gasteiger partial charge in [0.2, 0.25) is 5.91 Å². The molecule has 0 aliphatic heterocycles. The van der Waals surface area contributed by atoms with Crippen molar-refractivity contribution >= 4 is 11.9 Å². The Morgan fingerprint density at radius 2 is 2.00 bits per heavy atom. The van der Waals surface area contributed by atoms with Crippen LogP contribution in [0, 0.1) is 5.92 Å². The second-order valence-electron chi connectivity index (χ2n) is 3.00. The van der Waals surface area contributed by atoms with Gasteiger partial charge in [-0.15, -0.1) is 0 Å². The average Bonchev–Trinajstić information content (AvgIpc) is 2.04. The molecule has 1 amide bonds. The van der Waals surface area contributed by atoms with E-state index >= 15 is 0 Å². The molecule has 0 atom stereocenters. The summed E-state index contributed by atoms with van der Waals surface area (Å²) in [6.45, 7) is 6.11. The zero-order valence-corrected chi connectivity index (χ0v) is 8.42. The summed E-state index contributed by atoms with van der Waals surface area (Å²) in [5.74, 6) is -0.349. The van der Waals surface area contributed by atoms with Gasteiger partial charge in [0, 0.05) is 12.5 Å². The maximum Gasteiger partial charge on any atom is 0.307 e. The molecular formula is C9H17NO3. The smallest absolute Gasteiger partial charge is 0.307 e. The Hall–Kier alpha value is -1.06. The Kier molecular flexibility index (Phi) is 5.93. The molecular weight excluding hydrogens is 170 g/mol. The van der Waals surface area contributed by atoms with E-state index in [9.17, 15) is 9.59 Å². The first-order valence-corrected chi connectivity index (χ1v) is 4.51. The predicted octanol–water partition coefficient (Wildman–Crippen LogP) is 0.712. The number of nitrogens with one attached hydrogen (secondary N) is 1. The molecule has 0 aromatic heterocycles. The summed E-state index contributed by atoms with van der Waals surface area (Å²) in [5.41, 5.74) is 0. The zero-order valence-electron chi connectivity index (χ0n) is 8.42. The second-order valence-corrected chi connectivity index (χ2v) is 3.00. The molecule has 1 N–H and O–H groups in total. The van der Waals surface area contributed by atoms with Gasteiger partial charge >= 0.3 is 5.97 Å². The lowest BCUT2D eigenvalue weighted by Gasteiger charge is -2.06. The molecule has 0 unspecified atom stereocenters. The van der Waals surface area contributed by atoms with E-state index in [0.29, 0.717) is 13.2 Å². The summed E-state index contributed by atoms with van der Waals surface area (Å²) in [4.78, 5) is 21.8. The number of esters is 1. The van der Waals surface area contributed by atoms with Gasteiger partial charge in [-0.2, -0.15) is 0 Å². The van der Waals surface area contributed by atoms with Crippen molar-refractivity contribution in [2.45, 2.75) is 27.2 Å². The van der Waals surface area contributed by atoms with Crippen molar-refractivity contribution in [3.05, 3.63) is 0 Å². The minimum Gasteiger partial charge on any atom is -0.466 e. The summed E-state index contributed by atoms with van der Waals surface area (Å²) in [6, 6.07) is 0. The maximum atomic E-state index is 11.0. The Morgan fingerprint density at radius 1 is 1.38 bits per heavy atom. The Morgan fingerprint density at radius 3 is 2.46 bits per heavy atom. The van der Waals surface area contributed by atoms with Crippen LogP contribution in [0.5, 0.6) is 0 Å². The van der Waals surface area contributed by atoms with Crippen molar-refractivity contribution in [3.63, 3.8) is 0 Å². The van der Waals surface area contributed by atoms with Crippen molar-refractivity contribution < 1.29 is 14.3 Å². The van der Waals surface area contributed by atoms with Crippen LogP contribution in [0.3, 0.4) is 0 Å². The van der Waals surface area contributed by atoms with Gasteiger partial charge in [0.25, 0.3) is 0 Å². The van der Waals surface area contributed by atoms with Crippen LogP contribution in [0.15, 0.2) is 0 Å². The maximum absolute atomic E-state index is 11.0. The molecule has 0 rings (SSSR count). The van der Waals surface area contributed by atoms with Crippen molar-refractivity contribution in [2.75, 3.05) is 13.2 Å². The van der Waals surface area contributed by atoms with E-state index in [1.165, 1.54) is 0 Å². The lowest BCUT2D eigenvalue weighted by molar-refractivity contribution is -0.143. The summed E-state index contributed by atoms with van der Waals surface area (Å²) in [5, 5.41) is 2.63. The summed E-state index contributed by atoms with van der Waals surface area (Å²) < 4.78 is 4.69. The molecule has 0 radical (unpaired) electrons. The highest BCUT2D eigenvalue weighted by Crippen LogP contribution is 1.91. The number of hydrogen-bond acceptors (Lipinski definition) is 3. The fraction of sp³-hybridized carbons (Fsp3) is 0.778. The second kappa shape index (κ2) is 6.46. The summed E-state index contributed by atoms with van der Waals surface area (Å²) in [7, 11) is 0. The number of amides is 1. The monoisotopic (exact) mass is 187 g/mol. The number of ether oxygens (including phenoxy) is 1. The van der Waals surface area contributed by atoms with Crippen LogP contribution in [-0.2, 0) is 14.3 Å². The van der Waals surface area contributed by atoms with Gasteiger partial charge in [0.05, 0.1) is 13.0 Å². The largest absolute Gasteiger partial charge is 0.466 e. The molecule has 0 saturated heterocycles. The van der Waals surface area contributed by atoms with E-state index in [-0.39, 0.29) is 24.2 Å². The van der Waals surface area contributed by atoms with Gasteiger partial charge in [0.15, 0.2) is 0 Å². The Balaban J connectivity index is 3.45. The van der Waals surface area contributed by atoms with Gasteiger partial charge in [-0.1, -0.05) is 13.8 Å². The minimum atomic E-state index is -0.272. The molecule has 0 bridgehead atoms. The Bertz CT molecular complexity index is 178. The standard InChI is InChI=1S/C9H17NO3/c1-4-13-8(11)5-6-10-9(12)7(2)3/h7H,4-6H2,1-3H3,(H,10,12). The van der Waals surface area contributed by atoms with Crippen molar-refractivity contribution in [3.8, 4) is 0 Å². The highest BCUT2D eigenvalue weighted by Gasteiger charge is 2.07. The van der Waals surface area contributed by atoms with E-state index in [1.807, 2.05) is 0 Å². The van der Waals surface area contributed by atoms with E-state index in [1.54, 1.807) is 20.8 Å². The molecule has 0 aromatic carbocycles.